The van der Waals surface area contributed by atoms with E-state index in [9.17, 15) is 0 Å². The van der Waals surface area contributed by atoms with Gasteiger partial charge >= 0.3 is 0 Å². The zero-order valence-electron chi connectivity index (χ0n) is 7.89. The van der Waals surface area contributed by atoms with Crippen molar-refractivity contribution < 1.29 is 0 Å². The van der Waals surface area contributed by atoms with E-state index in [-0.39, 0.29) is 35.8 Å². The van der Waals surface area contributed by atoms with Gasteiger partial charge < -0.3 is 0 Å². The Balaban J connectivity index is -0.000000125. The summed E-state index contributed by atoms with van der Waals surface area (Å²) in [4.78, 5) is 0. The van der Waals surface area contributed by atoms with E-state index < -0.39 is 0 Å². The molecule has 0 radical (unpaired) electrons. The third-order valence-corrected chi connectivity index (χ3v) is 2.50. The summed E-state index contributed by atoms with van der Waals surface area (Å²) < 4.78 is 0. The molecule has 0 spiro atoms. The Bertz CT molecular complexity index is 46.1. The first-order valence-electron chi connectivity index (χ1n) is 5.00. The van der Waals surface area contributed by atoms with Crippen LogP contribution in [0.1, 0.15) is 64.2 Å². The van der Waals surface area contributed by atoms with Gasteiger partial charge in [-0.3, -0.25) is 0 Å². The summed E-state index contributed by atoms with van der Waals surface area (Å²) in [6.07, 6.45) is 15.0. The topological polar surface area (TPSA) is 0 Å². The van der Waals surface area contributed by atoms with E-state index >= 15 is 0 Å². The van der Waals surface area contributed by atoms with Gasteiger partial charge in [-0.2, -0.15) is 0 Å². The minimum Gasteiger partial charge on any atom is -0.147 e. The van der Waals surface area contributed by atoms with E-state index in [2.05, 4.69) is 0 Å². The van der Waals surface area contributed by atoms with Crippen molar-refractivity contribution in [1.29, 1.82) is 0 Å². The Morgan fingerprint density at radius 3 is 0.462 bits per heavy atom. The molecule has 2 fully saturated rings. The van der Waals surface area contributed by atoms with E-state index in [1.807, 2.05) is 0 Å². The van der Waals surface area contributed by atoms with E-state index in [0.29, 0.717) is 0 Å². The molecule has 0 aromatic heterocycles. The van der Waals surface area contributed by atoms with E-state index in [4.69, 9.17) is 0 Å². The van der Waals surface area contributed by atoms with Crippen molar-refractivity contribution in [3.63, 3.8) is 0 Å². The second-order valence-corrected chi connectivity index (χ2v) is 3.54. The molecule has 2 aliphatic carbocycles. The van der Waals surface area contributed by atoms with Crippen LogP contribution in [0.15, 0.2) is 0 Å². The second kappa shape index (κ2) is 15.3. The maximum atomic E-state index is 1.50. The summed E-state index contributed by atoms with van der Waals surface area (Å²) >= 11 is 0. The summed E-state index contributed by atoms with van der Waals surface area (Å²) in [7, 11) is 0. The molecule has 2 aliphatic rings. The molecule has 13 heavy (non-hydrogen) atoms. The number of rotatable bonds is 0. The molecule has 2 saturated carbocycles. The minimum atomic E-state index is 0. The van der Waals surface area contributed by atoms with E-state index in [1.54, 1.807) is 0 Å². The molecule has 2 rings (SSSR count). The lowest BCUT2D eigenvalue weighted by Gasteiger charge is -1.67. The molecule has 0 aromatic carbocycles. The zero-order chi connectivity index (χ0) is 7.07. The lowest BCUT2D eigenvalue weighted by atomic mass is 10.4. The molecular formula is C10H26Cl2Si. The van der Waals surface area contributed by atoms with Gasteiger partial charge in [0.1, 0.15) is 0 Å². The van der Waals surface area contributed by atoms with Gasteiger partial charge in [-0.1, -0.05) is 64.2 Å². The molecule has 84 valence electrons. The lowest BCUT2D eigenvalue weighted by Crippen LogP contribution is -1.47. The van der Waals surface area contributed by atoms with Gasteiger partial charge in [0, 0.05) is 0 Å². The van der Waals surface area contributed by atoms with Crippen LogP contribution >= 0.6 is 24.8 Å². The average Bonchev–Trinajstić information content (AvgIpc) is 2.67. The molecule has 0 nitrogen and oxygen atoms in total. The highest BCUT2D eigenvalue weighted by molar-refractivity contribution is 5.85. The Hall–Kier alpha value is 0.797. The van der Waals surface area contributed by atoms with Crippen molar-refractivity contribution >= 4 is 35.8 Å². The van der Waals surface area contributed by atoms with E-state index in [1.165, 1.54) is 64.2 Å². The first kappa shape index (κ1) is 19.4. The van der Waals surface area contributed by atoms with Gasteiger partial charge in [0.15, 0.2) is 0 Å². The molecule has 0 amide bonds. The molecule has 0 aromatic rings. The van der Waals surface area contributed by atoms with Crippen molar-refractivity contribution in [2.24, 2.45) is 0 Å². The van der Waals surface area contributed by atoms with Gasteiger partial charge in [-0.25, -0.2) is 0 Å². The predicted octanol–water partition coefficient (Wildman–Crippen LogP) is 3.29. The van der Waals surface area contributed by atoms with Crippen molar-refractivity contribution in [2.75, 3.05) is 0 Å². The van der Waals surface area contributed by atoms with Crippen LogP contribution in [0.3, 0.4) is 0 Å². The molecule has 0 aliphatic heterocycles. The third-order valence-electron chi connectivity index (χ3n) is 2.50. The third kappa shape index (κ3) is 12.8. The maximum absolute atomic E-state index is 1.50. The van der Waals surface area contributed by atoms with E-state index in [0.717, 1.165) is 0 Å². The largest absolute Gasteiger partial charge is 0.147 e. The van der Waals surface area contributed by atoms with Crippen molar-refractivity contribution in [3.05, 3.63) is 0 Å². The van der Waals surface area contributed by atoms with Crippen LogP contribution in [-0.4, -0.2) is 11.0 Å². The SMILES string of the molecule is C1CCCC1.C1CCCC1.Cl.Cl.[SiH4]. The highest BCUT2D eigenvalue weighted by Crippen LogP contribution is 2.15. The number of hydrogen-bond donors (Lipinski definition) is 0. The van der Waals surface area contributed by atoms with Crippen LogP contribution in [0, 0.1) is 0 Å². The molecule has 0 saturated heterocycles. The van der Waals surface area contributed by atoms with Gasteiger partial charge in [0.05, 0.1) is 0 Å². The van der Waals surface area contributed by atoms with Gasteiger partial charge in [0.25, 0.3) is 0 Å². The average molecular weight is 245 g/mol. The highest BCUT2D eigenvalue weighted by Gasteiger charge is 1.95. The number of halogens is 2. The zero-order valence-corrected chi connectivity index (χ0v) is 9.52. The lowest BCUT2D eigenvalue weighted by molar-refractivity contribution is 0.886. The second-order valence-electron chi connectivity index (χ2n) is 3.54. The van der Waals surface area contributed by atoms with Crippen LogP contribution in [0.25, 0.3) is 0 Å². The number of hydrogen-bond acceptors (Lipinski definition) is 0. The smallest absolute Gasteiger partial charge is 0.0149 e. The van der Waals surface area contributed by atoms with Crippen LogP contribution in [0.4, 0.5) is 0 Å². The summed E-state index contributed by atoms with van der Waals surface area (Å²) in [5.74, 6) is 0. The Morgan fingerprint density at radius 1 is 0.308 bits per heavy atom. The van der Waals surface area contributed by atoms with Crippen LogP contribution < -0.4 is 0 Å². The van der Waals surface area contributed by atoms with Crippen molar-refractivity contribution in [1.82, 2.24) is 0 Å². The Labute approximate surface area is 100 Å². The van der Waals surface area contributed by atoms with Crippen molar-refractivity contribution in [2.45, 2.75) is 64.2 Å². The van der Waals surface area contributed by atoms with Gasteiger partial charge in [-0.15, -0.1) is 24.8 Å². The molecule has 0 atom stereocenters. The van der Waals surface area contributed by atoms with Crippen LogP contribution in [-0.2, 0) is 0 Å². The fourth-order valence-electron chi connectivity index (χ4n) is 1.77. The summed E-state index contributed by atoms with van der Waals surface area (Å²) in [5, 5.41) is 0. The molecule has 0 heterocycles. The Kier molecular flexibility index (Phi) is 22.8. The Morgan fingerprint density at radius 2 is 0.385 bits per heavy atom. The normalized spacial score (nSPS) is 18.5. The highest BCUT2D eigenvalue weighted by atomic mass is 35.5. The molecule has 0 unspecified atom stereocenters. The summed E-state index contributed by atoms with van der Waals surface area (Å²) in [6.45, 7) is 0. The molecule has 0 bridgehead atoms. The summed E-state index contributed by atoms with van der Waals surface area (Å²) in [5.41, 5.74) is 0. The standard InChI is InChI=1S/2C5H10.2ClH.H4Si/c2*1-2-4-5-3-1;;;/h2*1-5H2;2*1H;1H4. The maximum Gasteiger partial charge on any atom is -0.0149 e. The predicted molar refractivity (Wildman–Crippen MR) is 72.0 cm³/mol. The first-order valence-corrected chi connectivity index (χ1v) is 5.00. The molecule has 0 N–H and O–H groups in total. The van der Waals surface area contributed by atoms with Gasteiger partial charge in [-0.05, 0) is 11.0 Å². The quantitative estimate of drug-likeness (QED) is 0.574. The fraction of sp³-hybridized carbons (Fsp3) is 1.00. The monoisotopic (exact) mass is 244 g/mol. The van der Waals surface area contributed by atoms with Crippen molar-refractivity contribution in [3.8, 4) is 0 Å². The minimum absolute atomic E-state index is 0. The van der Waals surface area contributed by atoms with Crippen LogP contribution in [0.5, 0.6) is 0 Å². The molecular weight excluding hydrogens is 219 g/mol. The first-order chi connectivity index (χ1) is 5.00. The van der Waals surface area contributed by atoms with Crippen LogP contribution in [0.2, 0.25) is 0 Å². The molecule has 3 heteroatoms. The fourth-order valence-corrected chi connectivity index (χ4v) is 1.77. The summed E-state index contributed by atoms with van der Waals surface area (Å²) in [6, 6.07) is 0. The van der Waals surface area contributed by atoms with Gasteiger partial charge in [0.2, 0.25) is 0 Å².